The van der Waals surface area contributed by atoms with Crippen molar-refractivity contribution in [2.45, 2.75) is 6.54 Å². The summed E-state index contributed by atoms with van der Waals surface area (Å²) in [4.78, 5) is 16.9. The number of benzene rings is 2. The lowest BCUT2D eigenvalue weighted by molar-refractivity contribution is -0.122. The molecule has 1 amide bonds. The summed E-state index contributed by atoms with van der Waals surface area (Å²) < 4.78 is 16.0. The Morgan fingerprint density at radius 3 is 2.41 bits per heavy atom. The summed E-state index contributed by atoms with van der Waals surface area (Å²) in [5.41, 5.74) is 2.04. The second kappa shape index (κ2) is 10.0. The van der Waals surface area contributed by atoms with Crippen molar-refractivity contribution in [3.05, 3.63) is 48.0 Å². The molecule has 1 aliphatic heterocycles. The van der Waals surface area contributed by atoms with Gasteiger partial charge in [-0.3, -0.25) is 9.69 Å². The molecule has 1 heterocycles. The van der Waals surface area contributed by atoms with Gasteiger partial charge >= 0.3 is 0 Å². The highest BCUT2D eigenvalue weighted by molar-refractivity contribution is 5.78. The molecule has 0 aliphatic carbocycles. The molecule has 0 bridgehead atoms. The molecule has 0 aromatic heterocycles. The number of carbonyl (C=O) groups excluding carboxylic acids is 1. The average molecular weight is 399 g/mol. The second-order valence-electron chi connectivity index (χ2n) is 6.89. The average Bonchev–Trinajstić information content (AvgIpc) is 2.77. The predicted octanol–water partition coefficient (Wildman–Crippen LogP) is 2.15. The van der Waals surface area contributed by atoms with Gasteiger partial charge in [-0.1, -0.05) is 18.2 Å². The van der Waals surface area contributed by atoms with Crippen molar-refractivity contribution in [1.29, 1.82) is 0 Å². The van der Waals surface area contributed by atoms with Gasteiger partial charge in [0.25, 0.3) is 0 Å². The molecule has 7 heteroatoms. The standard InChI is InChI=1S/C22H29N3O4/c1-27-19-8-5-7-18(14-19)25-12-10-24(11-13-25)16-21(26)23-15-17-6-4-9-20(28-2)22(17)29-3/h4-9,14H,10-13,15-16H2,1-3H3,(H,23,26). The van der Waals surface area contributed by atoms with Gasteiger partial charge in [-0.2, -0.15) is 0 Å². The van der Waals surface area contributed by atoms with Gasteiger partial charge in [0.1, 0.15) is 5.75 Å². The Balaban J connectivity index is 1.48. The number of para-hydroxylation sites is 1. The maximum absolute atomic E-state index is 12.4. The number of ether oxygens (including phenoxy) is 3. The summed E-state index contributed by atoms with van der Waals surface area (Å²) in [6.07, 6.45) is 0. The largest absolute Gasteiger partial charge is 0.497 e. The summed E-state index contributed by atoms with van der Waals surface area (Å²) in [6.45, 7) is 4.23. The van der Waals surface area contributed by atoms with Crippen LogP contribution in [0.3, 0.4) is 0 Å². The Kier molecular flexibility index (Phi) is 7.19. The van der Waals surface area contributed by atoms with Crippen LogP contribution in [0.4, 0.5) is 5.69 Å². The molecule has 7 nitrogen and oxygen atoms in total. The van der Waals surface area contributed by atoms with E-state index in [2.05, 4.69) is 21.2 Å². The van der Waals surface area contributed by atoms with E-state index >= 15 is 0 Å². The minimum atomic E-state index is 0.00435. The third kappa shape index (κ3) is 5.32. The van der Waals surface area contributed by atoms with Gasteiger partial charge in [-0.15, -0.1) is 0 Å². The third-order valence-electron chi connectivity index (χ3n) is 5.12. The number of methoxy groups -OCH3 is 3. The molecule has 29 heavy (non-hydrogen) atoms. The van der Waals surface area contributed by atoms with Gasteiger partial charge < -0.3 is 24.4 Å². The summed E-state index contributed by atoms with van der Waals surface area (Å²) in [5, 5.41) is 2.98. The van der Waals surface area contributed by atoms with Crippen LogP contribution < -0.4 is 24.4 Å². The number of piperazine rings is 1. The smallest absolute Gasteiger partial charge is 0.234 e. The molecule has 3 rings (SSSR count). The minimum absolute atomic E-state index is 0.00435. The van der Waals surface area contributed by atoms with Gasteiger partial charge in [-0.05, 0) is 18.2 Å². The molecule has 0 unspecified atom stereocenters. The first-order valence-electron chi connectivity index (χ1n) is 9.72. The molecular formula is C22H29N3O4. The molecule has 0 atom stereocenters. The summed E-state index contributed by atoms with van der Waals surface area (Å²) in [6, 6.07) is 13.7. The van der Waals surface area contributed by atoms with Crippen LogP contribution in [0.1, 0.15) is 5.56 Å². The van der Waals surface area contributed by atoms with Gasteiger partial charge in [-0.25, -0.2) is 0 Å². The SMILES string of the molecule is COc1cccc(N2CCN(CC(=O)NCc3cccc(OC)c3OC)CC2)c1. The topological polar surface area (TPSA) is 63.3 Å². The Morgan fingerprint density at radius 2 is 1.72 bits per heavy atom. The number of nitrogens with one attached hydrogen (secondary N) is 1. The van der Waals surface area contributed by atoms with E-state index in [1.54, 1.807) is 21.3 Å². The normalized spacial score (nSPS) is 14.4. The predicted molar refractivity (Wildman–Crippen MR) is 113 cm³/mol. The van der Waals surface area contributed by atoms with Crippen molar-refractivity contribution in [3.63, 3.8) is 0 Å². The van der Waals surface area contributed by atoms with Gasteiger partial charge in [0, 0.05) is 50.0 Å². The maximum atomic E-state index is 12.4. The number of rotatable bonds is 8. The van der Waals surface area contributed by atoms with Crippen molar-refractivity contribution in [1.82, 2.24) is 10.2 Å². The quantitative estimate of drug-likeness (QED) is 0.734. The van der Waals surface area contributed by atoms with Crippen molar-refractivity contribution >= 4 is 11.6 Å². The Morgan fingerprint density at radius 1 is 0.966 bits per heavy atom. The summed E-state index contributed by atoms with van der Waals surface area (Å²) >= 11 is 0. The van der Waals surface area contributed by atoms with E-state index in [-0.39, 0.29) is 5.91 Å². The third-order valence-corrected chi connectivity index (χ3v) is 5.12. The number of anilines is 1. The molecule has 156 valence electrons. The monoisotopic (exact) mass is 399 g/mol. The highest BCUT2D eigenvalue weighted by Crippen LogP contribution is 2.30. The van der Waals surface area contributed by atoms with Crippen LogP contribution in [0.2, 0.25) is 0 Å². The van der Waals surface area contributed by atoms with Crippen LogP contribution in [-0.4, -0.2) is 64.9 Å². The first-order valence-corrected chi connectivity index (χ1v) is 9.72. The minimum Gasteiger partial charge on any atom is -0.497 e. The van der Waals surface area contributed by atoms with E-state index in [4.69, 9.17) is 14.2 Å². The number of carbonyl (C=O) groups is 1. The van der Waals surface area contributed by atoms with E-state index in [0.29, 0.717) is 24.6 Å². The lowest BCUT2D eigenvalue weighted by atomic mass is 10.2. The fraction of sp³-hybridized carbons (Fsp3) is 0.409. The van der Waals surface area contributed by atoms with E-state index < -0.39 is 0 Å². The van der Waals surface area contributed by atoms with Crippen molar-refractivity contribution in [3.8, 4) is 17.2 Å². The number of amides is 1. The molecule has 1 aliphatic rings. The van der Waals surface area contributed by atoms with Crippen LogP contribution in [0.5, 0.6) is 17.2 Å². The molecule has 2 aromatic carbocycles. The molecule has 2 aromatic rings. The second-order valence-corrected chi connectivity index (χ2v) is 6.89. The Hall–Kier alpha value is -2.93. The number of hydrogen-bond acceptors (Lipinski definition) is 6. The van der Waals surface area contributed by atoms with Crippen molar-refractivity contribution < 1.29 is 19.0 Å². The molecule has 1 fully saturated rings. The Bertz CT molecular complexity index is 819. The van der Waals surface area contributed by atoms with Crippen molar-refractivity contribution in [2.75, 3.05) is 59.0 Å². The van der Waals surface area contributed by atoms with Gasteiger partial charge in [0.2, 0.25) is 5.91 Å². The van der Waals surface area contributed by atoms with E-state index in [9.17, 15) is 4.79 Å². The molecule has 0 saturated carbocycles. The van der Waals surface area contributed by atoms with E-state index in [1.807, 2.05) is 36.4 Å². The molecule has 0 radical (unpaired) electrons. The zero-order valence-corrected chi connectivity index (χ0v) is 17.3. The maximum Gasteiger partial charge on any atom is 0.234 e. The highest BCUT2D eigenvalue weighted by Gasteiger charge is 2.20. The van der Waals surface area contributed by atoms with E-state index in [1.165, 1.54) is 0 Å². The molecule has 1 saturated heterocycles. The zero-order valence-electron chi connectivity index (χ0n) is 17.3. The lowest BCUT2D eigenvalue weighted by Crippen LogP contribution is -2.49. The van der Waals surface area contributed by atoms with Crippen LogP contribution in [0.25, 0.3) is 0 Å². The first-order chi connectivity index (χ1) is 14.1. The van der Waals surface area contributed by atoms with Gasteiger partial charge in [0.15, 0.2) is 11.5 Å². The molecule has 0 spiro atoms. The molecular weight excluding hydrogens is 370 g/mol. The summed E-state index contributed by atoms with van der Waals surface area (Å²) in [5.74, 6) is 2.18. The first kappa shape index (κ1) is 20.8. The van der Waals surface area contributed by atoms with E-state index in [0.717, 1.165) is 43.2 Å². The molecule has 1 N–H and O–H groups in total. The van der Waals surface area contributed by atoms with Crippen molar-refractivity contribution in [2.24, 2.45) is 0 Å². The zero-order chi connectivity index (χ0) is 20.6. The Labute approximate surface area is 172 Å². The van der Waals surface area contributed by atoms with Crippen LogP contribution in [0.15, 0.2) is 42.5 Å². The van der Waals surface area contributed by atoms with Gasteiger partial charge in [0.05, 0.1) is 27.9 Å². The van der Waals surface area contributed by atoms with Crippen LogP contribution in [-0.2, 0) is 11.3 Å². The fourth-order valence-corrected chi connectivity index (χ4v) is 3.52. The number of nitrogens with zero attached hydrogens (tertiary/aromatic N) is 2. The summed E-state index contributed by atoms with van der Waals surface area (Å²) in [7, 11) is 4.88. The van der Waals surface area contributed by atoms with Crippen LogP contribution >= 0.6 is 0 Å². The number of hydrogen-bond donors (Lipinski definition) is 1. The lowest BCUT2D eigenvalue weighted by Gasteiger charge is -2.35. The highest BCUT2D eigenvalue weighted by atomic mass is 16.5. The fourth-order valence-electron chi connectivity index (χ4n) is 3.52. The van der Waals surface area contributed by atoms with Crippen LogP contribution in [0, 0.1) is 0 Å².